The van der Waals surface area contributed by atoms with Gasteiger partial charge < -0.3 is 0 Å². The quantitative estimate of drug-likeness (QED) is 0.500. The van der Waals surface area contributed by atoms with E-state index in [1.807, 2.05) is 0 Å². The molecule has 2 aromatic rings. The lowest BCUT2D eigenvalue weighted by Gasteiger charge is -2.16. The number of benzene rings is 1. The van der Waals surface area contributed by atoms with Crippen LogP contribution in [0, 0.1) is 10.1 Å². The number of rotatable bonds is 6. The smallest absolute Gasteiger partial charge is 0.292 e. The average Bonchev–Trinajstić information content (AvgIpc) is 3.37. The summed E-state index contributed by atoms with van der Waals surface area (Å²) < 4.78 is 65.0. The molecular formula is C16H15F3N4O5S2. The molecule has 162 valence electrons. The predicted octanol–water partition coefficient (Wildman–Crippen LogP) is 3.22. The fraction of sp³-hybridized carbons (Fsp3) is 0.312. The third-order valence-electron chi connectivity index (χ3n) is 4.35. The molecule has 1 aromatic heterocycles. The van der Waals surface area contributed by atoms with Crippen LogP contribution >= 0.6 is 11.3 Å². The van der Waals surface area contributed by atoms with Crippen LogP contribution in [0.3, 0.4) is 0 Å². The monoisotopic (exact) mass is 464 g/mol. The van der Waals surface area contributed by atoms with E-state index >= 15 is 0 Å². The van der Waals surface area contributed by atoms with Crippen molar-refractivity contribution < 1.29 is 31.3 Å². The number of nitrogens with one attached hydrogen (secondary N) is 2. The van der Waals surface area contributed by atoms with Gasteiger partial charge in [0.15, 0.2) is 0 Å². The van der Waals surface area contributed by atoms with Crippen LogP contribution in [-0.2, 0) is 16.2 Å². The highest BCUT2D eigenvalue weighted by atomic mass is 32.2. The lowest BCUT2D eigenvalue weighted by molar-refractivity contribution is -0.384. The maximum atomic E-state index is 12.8. The van der Waals surface area contributed by atoms with E-state index in [0.29, 0.717) is 38.1 Å². The molecule has 1 aliphatic rings. The highest BCUT2D eigenvalue weighted by Crippen LogP contribution is 2.35. The Morgan fingerprint density at radius 1 is 1.20 bits per heavy atom. The molecule has 1 aliphatic heterocycles. The SMILES string of the molecule is O=C(NNc1ccc(C(F)(F)F)cc1[N+](=O)[O-])c1sccc1S(=O)(=O)N1CCCC1. The highest BCUT2D eigenvalue weighted by molar-refractivity contribution is 7.89. The van der Waals surface area contributed by atoms with Crippen LogP contribution in [0.2, 0.25) is 0 Å². The molecule has 2 N–H and O–H groups in total. The van der Waals surface area contributed by atoms with Gasteiger partial charge in [-0.15, -0.1) is 11.3 Å². The number of sulfonamides is 1. The molecule has 9 nitrogen and oxygen atoms in total. The maximum absolute atomic E-state index is 12.8. The minimum absolute atomic E-state index is 0.149. The zero-order valence-corrected chi connectivity index (χ0v) is 16.7. The third-order valence-corrected chi connectivity index (χ3v) is 7.33. The number of nitrogens with zero attached hydrogens (tertiary/aromatic N) is 2. The fourth-order valence-corrected chi connectivity index (χ4v) is 5.69. The van der Waals surface area contributed by atoms with Crippen molar-refractivity contribution in [1.29, 1.82) is 0 Å². The number of hydrazine groups is 1. The van der Waals surface area contributed by atoms with Gasteiger partial charge in [0.05, 0.1) is 10.5 Å². The van der Waals surface area contributed by atoms with E-state index in [2.05, 4.69) is 10.9 Å². The van der Waals surface area contributed by atoms with Gasteiger partial charge in [0.2, 0.25) is 10.0 Å². The number of hydrogen-bond acceptors (Lipinski definition) is 7. The topological polar surface area (TPSA) is 122 Å². The first-order valence-electron chi connectivity index (χ1n) is 8.51. The number of amides is 1. The van der Waals surface area contributed by atoms with Crippen molar-refractivity contribution >= 4 is 38.6 Å². The van der Waals surface area contributed by atoms with Gasteiger partial charge in [0, 0.05) is 19.2 Å². The van der Waals surface area contributed by atoms with Gasteiger partial charge in [-0.2, -0.15) is 17.5 Å². The van der Waals surface area contributed by atoms with E-state index < -0.39 is 38.3 Å². The first-order valence-corrected chi connectivity index (χ1v) is 10.8. The Morgan fingerprint density at radius 2 is 1.87 bits per heavy atom. The Kier molecular flexibility index (Phi) is 6.01. The standard InChI is InChI=1S/C16H15F3N4O5S2/c17-16(18,19)10-3-4-11(12(9-10)23(25)26)20-21-15(24)14-13(5-8-29-14)30(27,28)22-6-1-2-7-22/h3-5,8-9,20H,1-2,6-7H2,(H,21,24). The zero-order chi connectivity index (χ0) is 22.1. The van der Waals surface area contributed by atoms with Crippen LogP contribution in [0.5, 0.6) is 0 Å². The Morgan fingerprint density at radius 3 is 2.47 bits per heavy atom. The van der Waals surface area contributed by atoms with Gasteiger partial charge in [-0.3, -0.25) is 25.8 Å². The number of carbonyl (C=O) groups is 1. The molecule has 0 saturated carbocycles. The lowest BCUT2D eigenvalue weighted by Crippen LogP contribution is -2.32. The van der Waals surface area contributed by atoms with Crippen molar-refractivity contribution in [2.75, 3.05) is 18.5 Å². The molecule has 0 radical (unpaired) electrons. The van der Waals surface area contributed by atoms with Gasteiger partial charge in [0.1, 0.15) is 15.5 Å². The Hall–Kier alpha value is -2.71. The summed E-state index contributed by atoms with van der Waals surface area (Å²) in [5.74, 6) is -0.892. The second-order valence-electron chi connectivity index (χ2n) is 6.29. The molecule has 0 spiro atoms. The van der Waals surface area contributed by atoms with Gasteiger partial charge >= 0.3 is 6.18 Å². The first-order chi connectivity index (χ1) is 14.0. The first kappa shape index (κ1) is 22.0. The average molecular weight is 464 g/mol. The van der Waals surface area contributed by atoms with Gasteiger partial charge in [0.25, 0.3) is 11.6 Å². The Labute approximate surface area is 172 Å². The van der Waals surface area contributed by atoms with Gasteiger partial charge in [-0.05, 0) is 36.4 Å². The summed E-state index contributed by atoms with van der Waals surface area (Å²) in [5, 5.41) is 12.5. The van der Waals surface area contributed by atoms with Gasteiger partial charge in [-0.25, -0.2) is 8.42 Å². The molecule has 1 fully saturated rings. The zero-order valence-electron chi connectivity index (χ0n) is 15.1. The molecular weight excluding hydrogens is 449 g/mol. The molecule has 0 unspecified atom stereocenters. The summed E-state index contributed by atoms with van der Waals surface area (Å²) in [6, 6.07) is 3.05. The summed E-state index contributed by atoms with van der Waals surface area (Å²) in [5.41, 5.74) is 1.80. The van der Waals surface area contributed by atoms with E-state index in [4.69, 9.17) is 0 Å². The Balaban J connectivity index is 1.81. The summed E-state index contributed by atoms with van der Waals surface area (Å²) in [6.45, 7) is 0.685. The molecule has 1 aromatic carbocycles. The van der Waals surface area contributed by atoms with Gasteiger partial charge in [-0.1, -0.05) is 0 Å². The number of nitro benzene ring substituents is 1. The van der Waals surface area contributed by atoms with Crippen molar-refractivity contribution in [2.45, 2.75) is 23.9 Å². The van der Waals surface area contributed by atoms with E-state index in [9.17, 15) is 36.5 Å². The molecule has 2 heterocycles. The number of anilines is 1. The van der Waals surface area contributed by atoms with Crippen LogP contribution in [-0.4, -0.2) is 36.6 Å². The van der Waals surface area contributed by atoms with E-state index in [1.54, 1.807) is 0 Å². The number of thiophene rings is 1. The predicted molar refractivity (Wildman–Crippen MR) is 101 cm³/mol. The number of carbonyl (C=O) groups excluding carboxylic acids is 1. The number of alkyl halides is 3. The van der Waals surface area contributed by atoms with Crippen molar-refractivity contribution in [1.82, 2.24) is 9.73 Å². The number of halogens is 3. The second-order valence-corrected chi connectivity index (χ2v) is 9.11. The molecule has 30 heavy (non-hydrogen) atoms. The summed E-state index contributed by atoms with van der Waals surface area (Å²) in [4.78, 5) is 22.2. The van der Waals surface area contributed by atoms with E-state index in [1.165, 1.54) is 15.8 Å². The summed E-state index contributed by atoms with van der Waals surface area (Å²) in [6.07, 6.45) is -3.35. The Bertz CT molecular complexity index is 1080. The van der Waals surface area contributed by atoms with Crippen molar-refractivity contribution in [2.24, 2.45) is 0 Å². The maximum Gasteiger partial charge on any atom is 0.416 e. The van der Waals surface area contributed by atoms with Crippen LogP contribution in [0.4, 0.5) is 24.5 Å². The minimum atomic E-state index is -4.78. The lowest BCUT2D eigenvalue weighted by atomic mass is 10.1. The molecule has 14 heteroatoms. The fourth-order valence-electron chi connectivity index (χ4n) is 2.88. The van der Waals surface area contributed by atoms with E-state index in [-0.39, 0.29) is 15.5 Å². The van der Waals surface area contributed by atoms with Crippen molar-refractivity contribution in [3.8, 4) is 0 Å². The van der Waals surface area contributed by atoms with Crippen LogP contribution in [0.25, 0.3) is 0 Å². The summed E-state index contributed by atoms with van der Waals surface area (Å²) in [7, 11) is -3.88. The van der Waals surface area contributed by atoms with Crippen LogP contribution in [0.15, 0.2) is 34.5 Å². The molecule has 0 bridgehead atoms. The normalized spacial score (nSPS) is 15.2. The molecule has 3 rings (SSSR count). The molecule has 0 aliphatic carbocycles. The minimum Gasteiger partial charge on any atom is -0.292 e. The highest BCUT2D eigenvalue weighted by Gasteiger charge is 2.34. The molecule has 0 atom stereocenters. The third kappa shape index (κ3) is 4.39. The number of nitro groups is 1. The number of hydrogen-bond donors (Lipinski definition) is 2. The van der Waals surface area contributed by atoms with E-state index in [0.717, 1.165) is 17.4 Å². The largest absolute Gasteiger partial charge is 0.416 e. The van der Waals surface area contributed by atoms with Crippen molar-refractivity contribution in [3.05, 3.63) is 50.2 Å². The molecule has 1 amide bonds. The van der Waals surface area contributed by atoms with Crippen LogP contribution in [0.1, 0.15) is 28.1 Å². The van der Waals surface area contributed by atoms with Crippen LogP contribution < -0.4 is 10.9 Å². The summed E-state index contributed by atoms with van der Waals surface area (Å²) >= 11 is 0.854. The second kappa shape index (κ2) is 8.20. The van der Waals surface area contributed by atoms with Crippen molar-refractivity contribution in [3.63, 3.8) is 0 Å². The molecule has 1 saturated heterocycles.